The monoisotopic (exact) mass is 373 g/mol. The maximum atomic E-state index is 12.1. The molecular weight excluding hydrogens is 362 g/mol. The number of nitro benzene ring substituents is 1. The highest BCUT2D eigenvalue weighted by molar-refractivity contribution is 6.32. The van der Waals surface area contributed by atoms with E-state index in [1.807, 2.05) is 6.07 Å². The molecular formula is C17H12ClN3O5. The number of carbonyl (C=O) groups excluding carboxylic acids is 2. The van der Waals surface area contributed by atoms with Crippen molar-refractivity contribution in [3.05, 3.63) is 68.7 Å². The molecule has 2 aromatic rings. The molecule has 0 bridgehead atoms. The molecule has 0 aliphatic heterocycles. The number of carbonyl (C=O) groups is 2. The van der Waals surface area contributed by atoms with E-state index in [1.165, 1.54) is 31.2 Å². The molecule has 8 nitrogen and oxygen atoms in total. The SMILES string of the molecule is C[C@H](OC(=O)c1ccc(Cl)c([N+](=O)[O-])c1)C(=O)Nc1ccccc1C#N. The van der Waals surface area contributed by atoms with Crippen LogP contribution in [0.25, 0.3) is 0 Å². The summed E-state index contributed by atoms with van der Waals surface area (Å²) in [5.74, 6) is -1.56. The highest BCUT2D eigenvalue weighted by Gasteiger charge is 2.22. The summed E-state index contributed by atoms with van der Waals surface area (Å²) in [6.07, 6.45) is -1.19. The molecule has 0 radical (unpaired) electrons. The molecule has 0 saturated carbocycles. The maximum Gasteiger partial charge on any atom is 0.339 e. The summed E-state index contributed by atoms with van der Waals surface area (Å²) in [7, 11) is 0. The molecule has 0 aromatic heterocycles. The fourth-order valence-corrected chi connectivity index (χ4v) is 2.17. The number of hydrogen-bond donors (Lipinski definition) is 1. The fourth-order valence-electron chi connectivity index (χ4n) is 1.99. The van der Waals surface area contributed by atoms with Gasteiger partial charge in [-0.15, -0.1) is 0 Å². The van der Waals surface area contributed by atoms with Crippen LogP contribution in [0.5, 0.6) is 0 Å². The number of halogens is 1. The molecule has 0 aliphatic carbocycles. The second-order valence-electron chi connectivity index (χ2n) is 5.12. The number of amides is 1. The summed E-state index contributed by atoms with van der Waals surface area (Å²) in [5, 5.41) is 22.2. The molecule has 0 saturated heterocycles. The van der Waals surface area contributed by atoms with Crippen LogP contribution in [0.3, 0.4) is 0 Å². The smallest absolute Gasteiger partial charge is 0.339 e. The van der Waals surface area contributed by atoms with Gasteiger partial charge in [-0.05, 0) is 31.2 Å². The zero-order valence-electron chi connectivity index (χ0n) is 13.4. The Kier molecular flexibility index (Phi) is 5.88. The lowest BCUT2D eigenvalue weighted by atomic mass is 10.2. The molecule has 1 N–H and O–H groups in total. The van der Waals surface area contributed by atoms with Crippen molar-refractivity contribution in [1.82, 2.24) is 0 Å². The fraction of sp³-hybridized carbons (Fsp3) is 0.118. The van der Waals surface area contributed by atoms with Gasteiger partial charge in [-0.1, -0.05) is 23.7 Å². The van der Waals surface area contributed by atoms with E-state index in [4.69, 9.17) is 21.6 Å². The van der Waals surface area contributed by atoms with Gasteiger partial charge in [0.05, 0.1) is 21.7 Å². The van der Waals surface area contributed by atoms with Crippen LogP contribution in [0.15, 0.2) is 42.5 Å². The van der Waals surface area contributed by atoms with Crippen LogP contribution in [-0.4, -0.2) is 22.9 Å². The van der Waals surface area contributed by atoms with E-state index in [0.717, 1.165) is 6.07 Å². The van der Waals surface area contributed by atoms with Crippen molar-refractivity contribution in [2.45, 2.75) is 13.0 Å². The van der Waals surface area contributed by atoms with E-state index in [-0.39, 0.29) is 21.8 Å². The summed E-state index contributed by atoms with van der Waals surface area (Å²) >= 11 is 5.69. The van der Waals surface area contributed by atoms with Gasteiger partial charge in [0.2, 0.25) is 0 Å². The average Bonchev–Trinajstić information content (AvgIpc) is 2.62. The topological polar surface area (TPSA) is 122 Å². The molecule has 0 fully saturated rings. The quantitative estimate of drug-likeness (QED) is 0.487. The Morgan fingerprint density at radius 3 is 2.65 bits per heavy atom. The molecule has 0 spiro atoms. The predicted octanol–water partition coefficient (Wildman–Crippen LogP) is 3.30. The Morgan fingerprint density at radius 2 is 2.00 bits per heavy atom. The van der Waals surface area contributed by atoms with Gasteiger partial charge in [0.15, 0.2) is 6.10 Å². The minimum Gasteiger partial charge on any atom is -0.449 e. The van der Waals surface area contributed by atoms with Gasteiger partial charge in [-0.25, -0.2) is 4.79 Å². The third kappa shape index (κ3) is 4.34. The van der Waals surface area contributed by atoms with Crippen LogP contribution in [-0.2, 0) is 9.53 Å². The highest BCUT2D eigenvalue weighted by Crippen LogP contribution is 2.25. The number of nitriles is 1. The van der Waals surface area contributed by atoms with E-state index < -0.39 is 28.6 Å². The van der Waals surface area contributed by atoms with Gasteiger partial charge in [0.25, 0.3) is 11.6 Å². The zero-order chi connectivity index (χ0) is 19.3. The molecule has 0 unspecified atom stereocenters. The Bertz CT molecular complexity index is 923. The largest absolute Gasteiger partial charge is 0.449 e. The van der Waals surface area contributed by atoms with Crippen LogP contribution >= 0.6 is 11.6 Å². The molecule has 0 heterocycles. The van der Waals surface area contributed by atoms with Gasteiger partial charge < -0.3 is 10.1 Å². The first kappa shape index (κ1) is 18.9. The number of para-hydroxylation sites is 1. The molecule has 9 heteroatoms. The van der Waals surface area contributed by atoms with Crippen LogP contribution in [0.4, 0.5) is 11.4 Å². The van der Waals surface area contributed by atoms with E-state index in [9.17, 15) is 19.7 Å². The number of esters is 1. The maximum absolute atomic E-state index is 12.1. The van der Waals surface area contributed by atoms with Gasteiger partial charge in [0.1, 0.15) is 11.1 Å². The number of nitrogens with one attached hydrogen (secondary N) is 1. The number of nitro groups is 1. The first-order valence-corrected chi connectivity index (χ1v) is 7.66. The lowest BCUT2D eigenvalue weighted by Crippen LogP contribution is -2.30. The second-order valence-corrected chi connectivity index (χ2v) is 5.52. The van der Waals surface area contributed by atoms with Crippen LogP contribution in [0.1, 0.15) is 22.8 Å². The van der Waals surface area contributed by atoms with Crippen molar-refractivity contribution in [2.75, 3.05) is 5.32 Å². The van der Waals surface area contributed by atoms with Crippen molar-refractivity contribution in [2.24, 2.45) is 0 Å². The Labute approximate surface area is 153 Å². The van der Waals surface area contributed by atoms with Crippen molar-refractivity contribution in [3.8, 4) is 6.07 Å². The molecule has 2 rings (SSSR count). The number of benzene rings is 2. The first-order chi connectivity index (χ1) is 12.3. The second kappa shape index (κ2) is 8.09. The predicted molar refractivity (Wildman–Crippen MR) is 92.8 cm³/mol. The van der Waals surface area contributed by atoms with Gasteiger partial charge >= 0.3 is 5.97 Å². The first-order valence-electron chi connectivity index (χ1n) is 7.28. The third-order valence-corrected chi connectivity index (χ3v) is 3.66. The van der Waals surface area contributed by atoms with Gasteiger partial charge in [0, 0.05) is 6.07 Å². The Morgan fingerprint density at radius 1 is 1.31 bits per heavy atom. The van der Waals surface area contributed by atoms with Gasteiger partial charge in [-0.2, -0.15) is 5.26 Å². The average molecular weight is 374 g/mol. The lowest BCUT2D eigenvalue weighted by Gasteiger charge is -2.14. The highest BCUT2D eigenvalue weighted by atomic mass is 35.5. The number of ether oxygens (including phenoxy) is 1. The van der Waals surface area contributed by atoms with E-state index in [2.05, 4.69) is 5.32 Å². The lowest BCUT2D eigenvalue weighted by molar-refractivity contribution is -0.384. The van der Waals surface area contributed by atoms with Crippen molar-refractivity contribution >= 4 is 34.9 Å². The summed E-state index contributed by atoms with van der Waals surface area (Å²) in [6, 6.07) is 11.7. The normalized spacial score (nSPS) is 11.1. The minimum absolute atomic E-state index is 0.113. The molecule has 1 amide bonds. The minimum atomic E-state index is -1.19. The summed E-state index contributed by atoms with van der Waals surface area (Å²) < 4.78 is 5.02. The molecule has 0 aliphatic rings. The number of nitrogens with zero attached hydrogens (tertiary/aromatic N) is 2. The van der Waals surface area contributed by atoms with Crippen molar-refractivity contribution < 1.29 is 19.2 Å². The Hall–Kier alpha value is -3.44. The number of hydrogen-bond acceptors (Lipinski definition) is 6. The van der Waals surface area contributed by atoms with Crippen LogP contribution in [0, 0.1) is 21.4 Å². The van der Waals surface area contributed by atoms with Crippen LogP contribution < -0.4 is 5.32 Å². The summed E-state index contributed by atoms with van der Waals surface area (Å²) in [5.41, 5.74) is -0.0166. The van der Waals surface area contributed by atoms with Gasteiger partial charge in [-0.3, -0.25) is 14.9 Å². The van der Waals surface area contributed by atoms with E-state index in [1.54, 1.807) is 12.1 Å². The van der Waals surface area contributed by atoms with E-state index >= 15 is 0 Å². The Balaban J connectivity index is 2.09. The standard InChI is InChI=1S/C17H12ClN3O5/c1-10(16(22)20-14-5-3-2-4-12(14)9-19)26-17(23)11-6-7-13(18)15(8-11)21(24)25/h2-8,10H,1H3,(H,20,22)/t10-/m0/s1. The number of rotatable bonds is 5. The summed E-state index contributed by atoms with van der Waals surface area (Å²) in [4.78, 5) is 34.4. The van der Waals surface area contributed by atoms with Crippen molar-refractivity contribution in [1.29, 1.82) is 5.26 Å². The van der Waals surface area contributed by atoms with E-state index in [0.29, 0.717) is 0 Å². The molecule has 2 aromatic carbocycles. The molecule has 132 valence electrons. The molecule has 1 atom stereocenters. The molecule has 26 heavy (non-hydrogen) atoms. The van der Waals surface area contributed by atoms with Crippen molar-refractivity contribution in [3.63, 3.8) is 0 Å². The number of anilines is 1. The third-order valence-electron chi connectivity index (χ3n) is 3.34. The van der Waals surface area contributed by atoms with Crippen LogP contribution in [0.2, 0.25) is 5.02 Å². The summed E-state index contributed by atoms with van der Waals surface area (Å²) in [6.45, 7) is 1.34. The zero-order valence-corrected chi connectivity index (χ0v) is 14.2.